The van der Waals surface area contributed by atoms with Gasteiger partial charge in [-0.2, -0.15) is 0 Å². The molecule has 106 valence electrons. The number of fused-ring (bicyclic) bond motifs is 5. The van der Waals surface area contributed by atoms with Gasteiger partial charge in [0.25, 0.3) is 0 Å². The summed E-state index contributed by atoms with van der Waals surface area (Å²) in [6, 6.07) is 14.1. The minimum Gasteiger partial charge on any atom is -0.305 e. The Kier molecular flexibility index (Phi) is 3.37. The maximum Gasteiger partial charge on any atom is 0.0160 e. The monoisotopic (exact) mass is 443 g/mol. The number of aromatic nitrogens is 1. The standard InChI is InChI=1S/C18H18N.Pt/c1-18(2)15-8-9-16(18)14-11-12(6-7-13(14)15)17-5-3-4-10-19-17;/h3-5,7,10-11,15-16H,8-9H2,1-2H3;/q-1;. The molecule has 2 aliphatic rings. The summed E-state index contributed by atoms with van der Waals surface area (Å²) in [5.41, 5.74) is 5.70. The molecule has 2 heteroatoms. The first-order valence-corrected chi connectivity index (χ1v) is 7.15. The molecule has 1 fully saturated rings. The van der Waals surface area contributed by atoms with E-state index in [9.17, 15) is 0 Å². The second-order valence-corrected chi connectivity index (χ2v) is 6.48. The first-order chi connectivity index (χ1) is 9.18. The molecular formula is C18H18NPt-. The van der Waals surface area contributed by atoms with Gasteiger partial charge in [-0.1, -0.05) is 32.4 Å². The third kappa shape index (κ3) is 1.83. The molecule has 0 spiro atoms. The Morgan fingerprint density at radius 3 is 2.60 bits per heavy atom. The van der Waals surface area contributed by atoms with Gasteiger partial charge in [-0.3, -0.25) is 0 Å². The minimum absolute atomic E-state index is 0. The predicted octanol–water partition coefficient (Wildman–Crippen LogP) is 4.55. The van der Waals surface area contributed by atoms with Crippen LogP contribution in [0.2, 0.25) is 0 Å². The molecular weight excluding hydrogens is 425 g/mol. The van der Waals surface area contributed by atoms with Crippen LogP contribution in [0.25, 0.3) is 11.3 Å². The summed E-state index contributed by atoms with van der Waals surface area (Å²) in [5.74, 6) is 1.46. The molecule has 2 aromatic rings. The first kappa shape index (κ1) is 14.0. The summed E-state index contributed by atoms with van der Waals surface area (Å²) in [5, 5.41) is 0. The van der Waals surface area contributed by atoms with E-state index in [1.54, 1.807) is 11.1 Å². The van der Waals surface area contributed by atoms with Crippen LogP contribution in [0.1, 0.15) is 49.7 Å². The zero-order valence-electron chi connectivity index (χ0n) is 11.8. The van der Waals surface area contributed by atoms with E-state index in [0.717, 1.165) is 23.1 Å². The van der Waals surface area contributed by atoms with E-state index in [4.69, 9.17) is 0 Å². The van der Waals surface area contributed by atoms with E-state index in [1.807, 2.05) is 18.3 Å². The van der Waals surface area contributed by atoms with E-state index in [0.29, 0.717) is 5.41 Å². The van der Waals surface area contributed by atoms with Crippen molar-refractivity contribution in [3.05, 3.63) is 53.7 Å². The molecule has 0 amide bonds. The summed E-state index contributed by atoms with van der Waals surface area (Å²) in [7, 11) is 0. The van der Waals surface area contributed by atoms with Crippen molar-refractivity contribution in [1.29, 1.82) is 0 Å². The van der Waals surface area contributed by atoms with Crippen LogP contribution in [0.15, 0.2) is 36.5 Å². The van der Waals surface area contributed by atoms with Crippen molar-refractivity contribution in [1.82, 2.24) is 4.98 Å². The van der Waals surface area contributed by atoms with Gasteiger partial charge in [0.15, 0.2) is 0 Å². The van der Waals surface area contributed by atoms with E-state index < -0.39 is 0 Å². The smallest absolute Gasteiger partial charge is 0.0160 e. The number of rotatable bonds is 1. The maximum absolute atomic E-state index is 4.44. The summed E-state index contributed by atoms with van der Waals surface area (Å²) < 4.78 is 0. The van der Waals surface area contributed by atoms with E-state index in [2.05, 4.69) is 43.1 Å². The Morgan fingerprint density at radius 1 is 1.15 bits per heavy atom. The largest absolute Gasteiger partial charge is 0.305 e. The van der Waals surface area contributed by atoms with Gasteiger partial charge in [-0.05, 0) is 35.4 Å². The van der Waals surface area contributed by atoms with E-state index in [-0.39, 0.29) is 21.1 Å². The Bertz CT molecular complexity index is 633. The quantitative estimate of drug-likeness (QED) is 0.590. The van der Waals surface area contributed by atoms with Crippen LogP contribution in [-0.2, 0) is 21.1 Å². The van der Waals surface area contributed by atoms with Gasteiger partial charge < -0.3 is 4.98 Å². The number of benzene rings is 1. The molecule has 1 heterocycles. The van der Waals surface area contributed by atoms with Gasteiger partial charge in [0, 0.05) is 27.3 Å². The van der Waals surface area contributed by atoms with Crippen molar-refractivity contribution in [3.63, 3.8) is 0 Å². The van der Waals surface area contributed by atoms with Gasteiger partial charge in [0.2, 0.25) is 0 Å². The average molecular weight is 443 g/mol. The van der Waals surface area contributed by atoms with Crippen molar-refractivity contribution in [2.24, 2.45) is 5.41 Å². The summed E-state index contributed by atoms with van der Waals surface area (Å²) in [4.78, 5) is 4.44. The van der Waals surface area contributed by atoms with Crippen molar-refractivity contribution in [3.8, 4) is 11.3 Å². The normalized spacial score (nSPS) is 25.1. The molecule has 0 radical (unpaired) electrons. The Morgan fingerprint density at radius 2 is 1.90 bits per heavy atom. The van der Waals surface area contributed by atoms with Gasteiger partial charge >= 0.3 is 0 Å². The van der Waals surface area contributed by atoms with Crippen LogP contribution in [0.5, 0.6) is 0 Å². The zero-order chi connectivity index (χ0) is 13.0. The topological polar surface area (TPSA) is 12.9 Å². The maximum atomic E-state index is 4.44. The van der Waals surface area contributed by atoms with Crippen molar-refractivity contribution in [2.75, 3.05) is 0 Å². The van der Waals surface area contributed by atoms with Crippen LogP contribution in [0.4, 0.5) is 0 Å². The van der Waals surface area contributed by atoms with Gasteiger partial charge in [0.05, 0.1) is 0 Å². The van der Waals surface area contributed by atoms with Crippen molar-refractivity contribution >= 4 is 0 Å². The summed E-state index contributed by atoms with van der Waals surface area (Å²) in [6.45, 7) is 4.85. The molecule has 2 unspecified atom stereocenters. The molecule has 0 N–H and O–H groups in total. The van der Waals surface area contributed by atoms with Crippen LogP contribution in [0.3, 0.4) is 0 Å². The van der Waals surface area contributed by atoms with Crippen molar-refractivity contribution in [2.45, 2.75) is 38.5 Å². The fourth-order valence-corrected chi connectivity index (χ4v) is 4.23. The molecule has 1 nitrogen and oxygen atoms in total. The number of hydrogen-bond acceptors (Lipinski definition) is 1. The van der Waals surface area contributed by atoms with Gasteiger partial charge in [-0.25, -0.2) is 0 Å². The molecule has 1 aromatic heterocycles. The summed E-state index contributed by atoms with van der Waals surface area (Å²) >= 11 is 0. The third-order valence-corrected chi connectivity index (χ3v) is 5.25. The fourth-order valence-electron chi connectivity index (χ4n) is 4.23. The molecule has 2 atom stereocenters. The van der Waals surface area contributed by atoms with Crippen LogP contribution in [-0.4, -0.2) is 4.98 Å². The van der Waals surface area contributed by atoms with Gasteiger partial charge in [-0.15, -0.1) is 34.9 Å². The number of pyridine rings is 1. The van der Waals surface area contributed by atoms with Crippen LogP contribution < -0.4 is 0 Å². The molecule has 20 heavy (non-hydrogen) atoms. The Hall–Kier alpha value is -0.942. The zero-order valence-corrected chi connectivity index (χ0v) is 14.1. The molecule has 2 bridgehead atoms. The van der Waals surface area contributed by atoms with E-state index >= 15 is 0 Å². The molecule has 0 saturated heterocycles. The average Bonchev–Trinajstić information content (AvgIpc) is 2.86. The number of nitrogens with zero attached hydrogens (tertiary/aromatic N) is 1. The molecule has 2 aliphatic carbocycles. The molecule has 1 saturated carbocycles. The Labute approximate surface area is 135 Å². The fraction of sp³-hybridized carbons (Fsp3) is 0.389. The van der Waals surface area contributed by atoms with E-state index in [1.165, 1.54) is 12.8 Å². The molecule has 4 rings (SSSR count). The predicted molar refractivity (Wildman–Crippen MR) is 77.0 cm³/mol. The SMILES string of the molecule is CC1(C)C2CCC1c1cc(-c3ccccn3)[c-]cc12.[Pt]. The van der Waals surface area contributed by atoms with Crippen LogP contribution in [0, 0.1) is 11.5 Å². The Balaban J connectivity index is 0.00000121. The third-order valence-electron chi connectivity index (χ3n) is 5.25. The minimum atomic E-state index is 0. The molecule has 1 aromatic carbocycles. The van der Waals surface area contributed by atoms with Gasteiger partial charge in [0.1, 0.15) is 0 Å². The summed E-state index contributed by atoms with van der Waals surface area (Å²) in [6.07, 6.45) is 4.55. The molecule has 0 aliphatic heterocycles. The first-order valence-electron chi connectivity index (χ1n) is 7.15. The second-order valence-electron chi connectivity index (χ2n) is 6.48. The van der Waals surface area contributed by atoms with Crippen LogP contribution >= 0.6 is 0 Å². The second kappa shape index (κ2) is 4.81. The number of hydrogen-bond donors (Lipinski definition) is 0. The van der Waals surface area contributed by atoms with Crippen molar-refractivity contribution < 1.29 is 21.1 Å².